The van der Waals surface area contributed by atoms with Gasteiger partial charge in [-0.15, -0.1) is 11.8 Å². The number of thioether (sulfide) groups is 1. The summed E-state index contributed by atoms with van der Waals surface area (Å²) >= 11 is 1.83. The summed E-state index contributed by atoms with van der Waals surface area (Å²) in [5.74, 6) is 0.990. The first-order chi connectivity index (χ1) is 8.15. The lowest BCUT2D eigenvalue weighted by molar-refractivity contribution is 1.33. The third kappa shape index (κ3) is 3.27. The van der Waals surface area contributed by atoms with Crippen LogP contribution in [-0.4, -0.2) is 0 Å². The summed E-state index contributed by atoms with van der Waals surface area (Å²) in [4.78, 5) is 1.23. The van der Waals surface area contributed by atoms with E-state index in [9.17, 15) is 0 Å². The van der Waals surface area contributed by atoms with Crippen LogP contribution in [0.3, 0.4) is 0 Å². The molecule has 2 heteroatoms. The largest absolute Gasteiger partial charge is 0.398 e. The minimum Gasteiger partial charge on any atom is -0.398 e. The molecule has 0 bridgehead atoms. The zero-order valence-corrected chi connectivity index (χ0v) is 11.1. The molecule has 0 saturated carbocycles. The van der Waals surface area contributed by atoms with Crippen molar-refractivity contribution < 1.29 is 0 Å². The molecule has 0 atom stereocenters. The number of nitrogen functional groups attached to an aromatic ring is 1. The van der Waals surface area contributed by atoms with Crippen LogP contribution in [0.15, 0.2) is 47.4 Å². The van der Waals surface area contributed by atoms with Crippen LogP contribution in [0.2, 0.25) is 0 Å². The van der Waals surface area contributed by atoms with Gasteiger partial charge in [-0.3, -0.25) is 0 Å². The van der Waals surface area contributed by atoms with Gasteiger partial charge in [0.1, 0.15) is 0 Å². The fourth-order valence-corrected chi connectivity index (χ4v) is 2.56. The molecule has 0 heterocycles. The van der Waals surface area contributed by atoms with Gasteiger partial charge in [0.15, 0.2) is 0 Å². The maximum absolute atomic E-state index is 5.90. The van der Waals surface area contributed by atoms with Gasteiger partial charge in [0.05, 0.1) is 0 Å². The molecule has 0 saturated heterocycles. The molecule has 2 aromatic carbocycles. The summed E-state index contributed by atoms with van der Waals surface area (Å²) < 4.78 is 0. The van der Waals surface area contributed by atoms with Gasteiger partial charge < -0.3 is 5.73 Å². The molecule has 0 aliphatic heterocycles. The van der Waals surface area contributed by atoms with Gasteiger partial charge in [0.2, 0.25) is 0 Å². The summed E-state index contributed by atoms with van der Waals surface area (Å²) in [6.07, 6.45) is 0. The molecule has 0 unspecified atom stereocenters. The van der Waals surface area contributed by atoms with E-state index in [1.54, 1.807) is 0 Å². The molecule has 17 heavy (non-hydrogen) atoms. The number of anilines is 1. The van der Waals surface area contributed by atoms with E-state index in [1.165, 1.54) is 16.0 Å². The van der Waals surface area contributed by atoms with Gasteiger partial charge in [0.25, 0.3) is 0 Å². The lowest BCUT2D eigenvalue weighted by Gasteiger charge is -2.05. The molecule has 0 amide bonds. The fraction of sp³-hybridized carbons (Fsp3) is 0.200. The standard InChI is InChI=1S/C15H17NS/c1-11-4-3-5-13(8-11)10-17-14-7-6-12(2)15(16)9-14/h3-9H,10,16H2,1-2H3. The average Bonchev–Trinajstić information content (AvgIpc) is 2.31. The molecule has 0 spiro atoms. The van der Waals surface area contributed by atoms with Crippen LogP contribution in [0.25, 0.3) is 0 Å². The molecule has 88 valence electrons. The summed E-state index contributed by atoms with van der Waals surface area (Å²) in [6.45, 7) is 4.16. The first-order valence-corrected chi connectivity index (χ1v) is 6.68. The molecule has 2 N–H and O–H groups in total. The Balaban J connectivity index is 2.05. The van der Waals surface area contributed by atoms with Gasteiger partial charge >= 0.3 is 0 Å². The van der Waals surface area contributed by atoms with Gasteiger partial charge in [-0.1, -0.05) is 35.9 Å². The smallest absolute Gasteiger partial charge is 0.0354 e. The highest BCUT2D eigenvalue weighted by Crippen LogP contribution is 2.26. The molecule has 0 aliphatic carbocycles. The summed E-state index contributed by atoms with van der Waals surface area (Å²) in [5, 5.41) is 0. The maximum atomic E-state index is 5.90. The van der Waals surface area contributed by atoms with Crippen LogP contribution in [0.1, 0.15) is 16.7 Å². The van der Waals surface area contributed by atoms with E-state index in [4.69, 9.17) is 5.73 Å². The SMILES string of the molecule is Cc1cccc(CSc2ccc(C)c(N)c2)c1. The second-order valence-corrected chi connectivity index (χ2v) is 5.34. The van der Waals surface area contributed by atoms with Crippen molar-refractivity contribution in [2.45, 2.75) is 24.5 Å². The number of benzene rings is 2. The molecule has 0 fully saturated rings. The van der Waals surface area contributed by atoms with Crippen molar-refractivity contribution in [2.24, 2.45) is 0 Å². The van der Waals surface area contributed by atoms with E-state index >= 15 is 0 Å². The third-order valence-electron chi connectivity index (χ3n) is 2.74. The van der Waals surface area contributed by atoms with Crippen molar-refractivity contribution in [3.8, 4) is 0 Å². The topological polar surface area (TPSA) is 26.0 Å². The van der Waals surface area contributed by atoms with Gasteiger partial charge in [-0.25, -0.2) is 0 Å². The highest BCUT2D eigenvalue weighted by atomic mass is 32.2. The Bertz CT molecular complexity index is 520. The van der Waals surface area contributed by atoms with E-state index in [1.807, 2.05) is 18.7 Å². The van der Waals surface area contributed by atoms with Crippen molar-refractivity contribution in [1.82, 2.24) is 0 Å². The minimum atomic E-state index is 0.874. The van der Waals surface area contributed by atoms with Crippen LogP contribution < -0.4 is 5.73 Å². The van der Waals surface area contributed by atoms with Crippen molar-refractivity contribution in [3.05, 3.63) is 59.2 Å². The van der Waals surface area contributed by atoms with Crippen LogP contribution >= 0.6 is 11.8 Å². The first kappa shape index (κ1) is 12.1. The lowest BCUT2D eigenvalue weighted by atomic mass is 10.2. The number of hydrogen-bond donors (Lipinski definition) is 1. The number of rotatable bonds is 3. The quantitative estimate of drug-likeness (QED) is 0.646. The number of nitrogens with two attached hydrogens (primary N) is 1. The van der Waals surface area contributed by atoms with Crippen LogP contribution in [0, 0.1) is 13.8 Å². The molecule has 1 nitrogen and oxygen atoms in total. The summed E-state index contributed by atoms with van der Waals surface area (Å²) in [5.41, 5.74) is 10.6. The number of aryl methyl sites for hydroxylation is 2. The third-order valence-corrected chi connectivity index (χ3v) is 3.80. The summed E-state index contributed by atoms with van der Waals surface area (Å²) in [6, 6.07) is 14.9. The van der Waals surface area contributed by atoms with Crippen molar-refractivity contribution in [1.29, 1.82) is 0 Å². The highest BCUT2D eigenvalue weighted by molar-refractivity contribution is 7.98. The van der Waals surface area contributed by atoms with Gasteiger partial charge in [-0.2, -0.15) is 0 Å². The normalized spacial score (nSPS) is 10.5. The molecule has 0 aliphatic rings. The van der Waals surface area contributed by atoms with Crippen LogP contribution in [0.4, 0.5) is 5.69 Å². The first-order valence-electron chi connectivity index (χ1n) is 5.69. The minimum absolute atomic E-state index is 0.874. The Labute approximate surface area is 107 Å². The predicted molar refractivity (Wildman–Crippen MR) is 76.3 cm³/mol. The van der Waals surface area contributed by atoms with Crippen molar-refractivity contribution >= 4 is 17.4 Å². The van der Waals surface area contributed by atoms with Gasteiger partial charge in [-0.05, 0) is 37.1 Å². The lowest BCUT2D eigenvalue weighted by Crippen LogP contribution is -1.89. The monoisotopic (exact) mass is 243 g/mol. The van der Waals surface area contributed by atoms with Crippen molar-refractivity contribution in [2.75, 3.05) is 5.73 Å². The molecular weight excluding hydrogens is 226 g/mol. The molecular formula is C15H17NS. The Morgan fingerprint density at radius 2 is 1.88 bits per heavy atom. The molecule has 2 rings (SSSR count). The Kier molecular flexibility index (Phi) is 3.75. The van der Waals surface area contributed by atoms with E-state index in [0.717, 1.165) is 17.0 Å². The van der Waals surface area contributed by atoms with E-state index in [-0.39, 0.29) is 0 Å². The zero-order chi connectivity index (χ0) is 12.3. The molecule has 2 aromatic rings. The van der Waals surface area contributed by atoms with E-state index in [0.29, 0.717) is 0 Å². The van der Waals surface area contributed by atoms with Crippen LogP contribution in [0.5, 0.6) is 0 Å². The van der Waals surface area contributed by atoms with Crippen molar-refractivity contribution in [3.63, 3.8) is 0 Å². The van der Waals surface area contributed by atoms with E-state index in [2.05, 4.69) is 49.4 Å². The Morgan fingerprint density at radius 3 is 2.59 bits per heavy atom. The molecule has 0 aromatic heterocycles. The highest BCUT2D eigenvalue weighted by Gasteiger charge is 1.99. The van der Waals surface area contributed by atoms with E-state index < -0.39 is 0 Å². The summed E-state index contributed by atoms with van der Waals surface area (Å²) in [7, 11) is 0. The Hall–Kier alpha value is -1.41. The fourth-order valence-electron chi connectivity index (χ4n) is 1.68. The zero-order valence-electron chi connectivity index (χ0n) is 10.2. The van der Waals surface area contributed by atoms with Crippen LogP contribution in [-0.2, 0) is 5.75 Å². The predicted octanol–water partition coefficient (Wildman–Crippen LogP) is 4.18. The van der Waals surface area contributed by atoms with Gasteiger partial charge in [0, 0.05) is 16.3 Å². The number of hydrogen-bond acceptors (Lipinski definition) is 2. The maximum Gasteiger partial charge on any atom is 0.0354 e. The average molecular weight is 243 g/mol. The Morgan fingerprint density at radius 1 is 1.06 bits per heavy atom. The second kappa shape index (κ2) is 5.28. The molecule has 0 radical (unpaired) electrons. The second-order valence-electron chi connectivity index (χ2n) is 4.30.